The van der Waals surface area contributed by atoms with E-state index in [1.54, 1.807) is 7.11 Å². The lowest BCUT2D eigenvalue weighted by Crippen LogP contribution is -1.89. The van der Waals surface area contributed by atoms with Crippen LogP contribution in [0, 0.1) is 14.1 Å². The molecule has 0 spiro atoms. The number of hydrogen-bond acceptors (Lipinski definition) is 1. The highest BCUT2D eigenvalue weighted by atomic mass is 127. The molecule has 0 aromatic heterocycles. The van der Waals surface area contributed by atoms with Gasteiger partial charge >= 0.3 is 0 Å². The lowest BCUT2D eigenvalue weighted by molar-refractivity contribution is 0.411. The Bertz CT molecular complexity index is 271. The van der Waals surface area contributed by atoms with Crippen molar-refractivity contribution in [2.75, 3.05) is 7.11 Å². The standard InChI is InChI=1S/C8H8I2O/c1-5-3-7(10)8(11-2)4-6(5)9/h3-4H,1-2H3. The zero-order chi connectivity index (χ0) is 8.43. The smallest absolute Gasteiger partial charge is 0.133 e. The van der Waals surface area contributed by atoms with Crippen LogP contribution in [-0.4, -0.2) is 7.11 Å². The van der Waals surface area contributed by atoms with E-state index >= 15 is 0 Å². The fraction of sp³-hybridized carbons (Fsp3) is 0.250. The number of benzene rings is 1. The fourth-order valence-electron chi connectivity index (χ4n) is 0.784. The van der Waals surface area contributed by atoms with Crippen molar-refractivity contribution in [2.24, 2.45) is 0 Å². The third-order valence-corrected chi connectivity index (χ3v) is 3.44. The summed E-state index contributed by atoms with van der Waals surface area (Å²) < 4.78 is 7.59. The van der Waals surface area contributed by atoms with Gasteiger partial charge in [0.25, 0.3) is 0 Å². The maximum absolute atomic E-state index is 5.17. The highest BCUT2D eigenvalue weighted by molar-refractivity contribution is 14.1. The summed E-state index contributed by atoms with van der Waals surface area (Å²) in [7, 11) is 1.70. The van der Waals surface area contributed by atoms with E-state index < -0.39 is 0 Å². The van der Waals surface area contributed by atoms with Crippen molar-refractivity contribution in [3.8, 4) is 5.75 Å². The van der Waals surface area contributed by atoms with Crippen LogP contribution in [0.3, 0.4) is 0 Å². The van der Waals surface area contributed by atoms with E-state index in [1.165, 1.54) is 12.7 Å². The molecule has 0 aliphatic rings. The van der Waals surface area contributed by atoms with Crippen molar-refractivity contribution in [3.63, 3.8) is 0 Å². The van der Waals surface area contributed by atoms with Crippen molar-refractivity contribution in [1.29, 1.82) is 0 Å². The van der Waals surface area contributed by atoms with Crippen LogP contribution in [0.2, 0.25) is 0 Å². The molecule has 1 aromatic carbocycles. The van der Waals surface area contributed by atoms with Crippen molar-refractivity contribution >= 4 is 45.2 Å². The second-order valence-corrected chi connectivity index (χ2v) is 4.56. The van der Waals surface area contributed by atoms with Gasteiger partial charge in [-0.2, -0.15) is 0 Å². The molecule has 0 aliphatic carbocycles. The predicted molar refractivity (Wildman–Crippen MR) is 63.2 cm³/mol. The molecular formula is C8H8I2O. The van der Waals surface area contributed by atoms with Gasteiger partial charge in [-0.3, -0.25) is 0 Å². The summed E-state index contributed by atoms with van der Waals surface area (Å²) in [6.45, 7) is 2.10. The molecule has 3 heteroatoms. The quantitative estimate of drug-likeness (QED) is 0.687. The minimum Gasteiger partial charge on any atom is -0.496 e. The number of methoxy groups -OCH3 is 1. The molecule has 1 rings (SSSR count). The van der Waals surface area contributed by atoms with Crippen LogP contribution < -0.4 is 4.74 Å². The molecule has 60 valence electrons. The first-order valence-corrected chi connectivity index (χ1v) is 5.30. The lowest BCUT2D eigenvalue weighted by atomic mass is 10.2. The van der Waals surface area contributed by atoms with E-state index in [-0.39, 0.29) is 0 Å². The first-order chi connectivity index (χ1) is 5.15. The van der Waals surface area contributed by atoms with Crippen LogP contribution >= 0.6 is 45.2 Å². The Morgan fingerprint density at radius 3 is 2.36 bits per heavy atom. The largest absolute Gasteiger partial charge is 0.496 e. The van der Waals surface area contributed by atoms with E-state index in [2.05, 4.69) is 64.2 Å². The third-order valence-electron chi connectivity index (χ3n) is 1.43. The van der Waals surface area contributed by atoms with Crippen LogP contribution in [0.4, 0.5) is 0 Å². The second kappa shape index (κ2) is 3.93. The first-order valence-electron chi connectivity index (χ1n) is 3.15. The monoisotopic (exact) mass is 374 g/mol. The summed E-state index contributed by atoms with van der Waals surface area (Å²) in [5, 5.41) is 0. The first kappa shape index (κ1) is 9.57. The minimum atomic E-state index is 0.959. The Kier molecular flexibility index (Phi) is 3.42. The summed E-state index contributed by atoms with van der Waals surface area (Å²) in [4.78, 5) is 0. The summed E-state index contributed by atoms with van der Waals surface area (Å²) in [6.07, 6.45) is 0. The molecule has 0 aliphatic heterocycles. The van der Waals surface area contributed by atoms with Crippen molar-refractivity contribution < 1.29 is 4.74 Å². The number of aryl methyl sites for hydroxylation is 1. The van der Waals surface area contributed by atoms with Gasteiger partial charge in [0.1, 0.15) is 5.75 Å². The van der Waals surface area contributed by atoms with Gasteiger partial charge < -0.3 is 4.74 Å². The average Bonchev–Trinajstić information content (AvgIpc) is 1.97. The fourth-order valence-corrected chi connectivity index (χ4v) is 2.07. The normalized spacial score (nSPS) is 9.82. The molecule has 0 radical (unpaired) electrons. The van der Waals surface area contributed by atoms with Crippen molar-refractivity contribution in [2.45, 2.75) is 6.92 Å². The van der Waals surface area contributed by atoms with Crippen molar-refractivity contribution in [1.82, 2.24) is 0 Å². The van der Waals surface area contributed by atoms with Gasteiger partial charge in [0.15, 0.2) is 0 Å². The van der Waals surface area contributed by atoms with Crippen LogP contribution in [0.15, 0.2) is 12.1 Å². The number of hydrogen-bond donors (Lipinski definition) is 0. The second-order valence-electron chi connectivity index (χ2n) is 2.24. The van der Waals surface area contributed by atoms with E-state index in [9.17, 15) is 0 Å². The molecule has 0 saturated carbocycles. The van der Waals surface area contributed by atoms with E-state index in [0.29, 0.717) is 0 Å². The van der Waals surface area contributed by atoms with Gasteiger partial charge in [-0.25, -0.2) is 0 Å². The topological polar surface area (TPSA) is 9.23 Å². The van der Waals surface area contributed by atoms with E-state index in [0.717, 1.165) is 5.75 Å². The predicted octanol–water partition coefficient (Wildman–Crippen LogP) is 3.21. The van der Waals surface area contributed by atoms with Gasteiger partial charge in [0.05, 0.1) is 10.7 Å². The maximum Gasteiger partial charge on any atom is 0.133 e. The average molecular weight is 374 g/mol. The summed E-state index contributed by atoms with van der Waals surface area (Å²) in [6, 6.07) is 4.18. The van der Waals surface area contributed by atoms with E-state index in [1.807, 2.05) is 0 Å². The van der Waals surface area contributed by atoms with Gasteiger partial charge in [-0.1, -0.05) is 0 Å². The molecule has 0 fully saturated rings. The molecule has 0 bridgehead atoms. The Balaban J connectivity index is 3.21. The molecule has 0 atom stereocenters. The molecule has 1 nitrogen and oxygen atoms in total. The zero-order valence-corrected chi connectivity index (χ0v) is 10.6. The van der Waals surface area contributed by atoms with Crippen LogP contribution in [-0.2, 0) is 0 Å². The lowest BCUT2D eigenvalue weighted by Gasteiger charge is -2.05. The Hall–Kier alpha value is 0.480. The van der Waals surface area contributed by atoms with Crippen LogP contribution in [0.25, 0.3) is 0 Å². The molecule has 0 saturated heterocycles. The summed E-state index contributed by atoms with van der Waals surface area (Å²) in [5.74, 6) is 0.959. The Labute approximate surface area is 93.8 Å². The van der Waals surface area contributed by atoms with Crippen LogP contribution in [0.1, 0.15) is 5.56 Å². The summed E-state index contributed by atoms with van der Waals surface area (Å²) in [5.41, 5.74) is 1.30. The molecule has 1 aromatic rings. The third kappa shape index (κ3) is 2.21. The number of ether oxygens (including phenoxy) is 1. The molecular weight excluding hydrogens is 366 g/mol. The SMILES string of the molecule is COc1cc(I)c(C)cc1I. The van der Waals surface area contributed by atoms with Gasteiger partial charge in [-0.15, -0.1) is 0 Å². The molecule has 0 heterocycles. The Morgan fingerprint density at radius 2 is 1.82 bits per heavy atom. The van der Waals surface area contributed by atoms with Gasteiger partial charge in [-0.05, 0) is 69.8 Å². The highest BCUT2D eigenvalue weighted by Gasteiger charge is 2.02. The van der Waals surface area contributed by atoms with Crippen LogP contribution in [0.5, 0.6) is 5.75 Å². The molecule has 11 heavy (non-hydrogen) atoms. The van der Waals surface area contributed by atoms with Gasteiger partial charge in [0, 0.05) is 3.57 Å². The number of rotatable bonds is 1. The maximum atomic E-state index is 5.17. The zero-order valence-electron chi connectivity index (χ0n) is 6.32. The van der Waals surface area contributed by atoms with Gasteiger partial charge in [0.2, 0.25) is 0 Å². The van der Waals surface area contributed by atoms with Crippen molar-refractivity contribution in [3.05, 3.63) is 24.8 Å². The minimum absolute atomic E-state index is 0.959. The summed E-state index contributed by atoms with van der Waals surface area (Å²) >= 11 is 4.58. The Morgan fingerprint density at radius 1 is 1.18 bits per heavy atom. The number of halogens is 2. The van der Waals surface area contributed by atoms with E-state index in [4.69, 9.17) is 4.74 Å². The molecule has 0 amide bonds. The highest BCUT2D eigenvalue weighted by Crippen LogP contribution is 2.25. The molecule has 0 unspecified atom stereocenters. The molecule has 0 N–H and O–H groups in total.